The van der Waals surface area contributed by atoms with Gasteiger partial charge in [0.05, 0.1) is 13.7 Å². The molecule has 0 aliphatic carbocycles. The molecule has 1 heterocycles. The van der Waals surface area contributed by atoms with Gasteiger partial charge in [-0.15, -0.1) is 0 Å². The van der Waals surface area contributed by atoms with Gasteiger partial charge in [-0.1, -0.05) is 18.2 Å². The van der Waals surface area contributed by atoms with Gasteiger partial charge >= 0.3 is 0 Å². The van der Waals surface area contributed by atoms with Crippen LogP contribution in [-0.2, 0) is 4.79 Å². The molecule has 2 aromatic carbocycles. The number of ether oxygens (including phenoxy) is 1. The summed E-state index contributed by atoms with van der Waals surface area (Å²) in [5.74, 6) is 0.571. The maximum atomic E-state index is 12.4. The Morgan fingerprint density at radius 3 is 2.30 bits per heavy atom. The van der Waals surface area contributed by atoms with E-state index in [0.29, 0.717) is 18.7 Å². The second-order valence-electron chi connectivity index (χ2n) is 6.56. The smallest absolute Gasteiger partial charge is 0.251 e. The third-order valence-corrected chi connectivity index (χ3v) is 4.86. The molecule has 3 rings (SSSR count). The van der Waals surface area contributed by atoms with Gasteiger partial charge in [0, 0.05) is 37.4 Å². The predicted octanol–water partition coefficient (Wildman–Crippen LogP) is 2.08. The molecule has 0 unspecified atom stereocenters. The molecule has 0 spiro atoms. The van der Waals surface area contributed by atoms with Gasteiger partial charge in [-0.25, -0.2) is 0 Å². The molecule has 2 amide bonds. The first-order valence-corrected chi connectivity index (χ1v) is 9.09. The Bertz CT molecular complexity index is 797. The summed E-state index contributed by atoms with van der Waals surface area (Å²) in [6.07, 6.45) is 0. The molecule has 142 valence electrons. The zero-order valence-corrected chi connectivity index (χ0v) is 15.8. The second-order valence-corrected chi connectivity index (χ2v) is 6.56. The number of nitrogens with zero attached hydrogens (tertiary/aromatic N) is 2. The fourth-order valence-electron chi connectivity index (χ4n) is 3.20. The van der Waals surface area contributed by atoms with Crippen LogP contribution >= 0.6 is 0 Å². The Morgan fingerprint density at radius 1 is 1.00 bits per heavy atom. The number of hydrogen-bond acceptors (Lipinski definition) is 4. The monoisotopic (exact) mass is 367 g/mol. The van der Waals surface area contributed by atoms with E-state index in [0.717, 1.165) is 30.1 Å². The van der Waals surface area contributed by atoms with Crippen molar-refractivity contribution in [3.63, 3.8) is 0 Å². The van der Waals surface area contributed by atoms with E-state index < -0.39 is 0 Å². The Balaban J connectivity index is 1.48. The molecule has 27 heavy (non-hydrogen) atoms. The number of rotatable bonds is 5. The van der Waals surface area contributed by atoms with Gasteiger partial charge < -0.3 is 19.9 Å². The number of piperazine rings is 1. The van der Waals surface area contributed by atoms with Crippen molar-refractivity contribution in [3.8, 4) is 5.75 Å². The van der Waals surface area contributed by atoms with E-state index in [-0.39, 0.29) is 18.4 Å². The number of methoxy groups -OCH3 is 1. The van der Waals surface area contributed by atoms with Gasteiger partial charge in [0.2, 0.25) is 5.91 Å². The van der Waals surface area contributed by atoms with Gasteiger partial charge in [0.15, 0.2) is 0 Å². The predicted molar refractivity (Wildman–Crippen MR) is 105 cm³/mol. The van der Waals surface area contributed by atoms with E-state index in [4.69, 9.17) is 4.74 Å². The highest BCUT2D eigenvalue weighted by molar-refractivity contribution is 5.97. The summed E-state index contributed by atoms with van der Waals surface area (Å²) in [5.41, 5.74) is 2.63. The van der Waals surface area contributed by atoms with Crippen LogP contribution < -0.4 is 15.0 Å². The molecule has 1 aliphatic rings. The van der Waals surface area contributed by atoms with Crippen LogP contribution in [0.25, 0.3) is 0 Å². The molecular formula is C21H25N3O3. The van der Waals surface area contributed by atoms with Crippen molar-refractivity contribution in [1.82, 2.24) is 10.2 Å². The Kier molecular flexibility index (Phi) is 5.96. The molecule has 0 atom stereocenters. The zero-order chi connectivity index (χ0) is 19.2. The van der Waals surface area contributed by atoms with E-state index in [1.54, 1.807) is 18.1 Å². The van der Waals surface area contributed by atoms with Crippen molar-refractivity contribution in [2.24, 2.45) is 0 Å². The molecule has 1 fully saturated rings. The Labute approximate surface area is 159 Å². The van der Waals surface area contributed by atoms with Crippen molar-refractivity contribution in [1.29, 1.82) is 0 Å². The van der Waals surface area contributed by atoms with Crippen LogP contribution in [0.4, 0.5) is 5.69 Å². The first-order chi connectivity index (χ1) is 13.1. The van der Waals surface area contributed by atoms with Crippen LogP contribution in [0.3, 0.4) is 0 Å². The van der Waals surface area contributed by atoms with Crippen LogP contribution in [0.2, 0.25) is 0 Å². The molecule has 2 aromatic rings. The van der Waals surface area contributed by atoms with Crippen LogP contribution in [-0.4, -0.2) is 56.5 Å². The number of aryl methyl sites for hydroxylation is 1. The van der Waals surface area contributed by atoms with Gasteiger partial charge in [-0.05, 0) is 42.8 Å². The minimum Gasteiger partial charge on any atom is -0.497 e. The normalized spacial score (nSPS) is 14.0. The number of benzene rings is 2. The zero-order valence-electron chi connectivity index (χ0n) is 15.8. The first-order valence-electron chi connectivity index (χ1n) is 9.09. The van der Waals surface area contributed by atoms with E-state index in [1.165, 1.54) is 0 Å². The summed E-state index contributed by atoms with van der Waals surface area (Å²) >= 11 is 0. The summed E-state index contributed by atoms with van der Waals surface area (Å²) in [6, 6.07) is 15.3. The summed E-state index contributed by atoms with van der Waals surface area (Å²) in [5, 5.41) is 2.73. The molecule has 6 nitrogen and oxygen atoms in total. The molecule has 0 bridgehead atoms. The number of amides is 2. The lowest BCUT2D eigenvalue weighted by molar-refractivity contribution is -0.130. The van der Waals surface area contributed by atoms with Crippen LogP contribution in [0.5, 0.6) is 5.75 Å². The van der Waals surface area contributed by atoms with Crippen LogP contribution in [0.1, 0.15) is 15.9 Å². The van der Waals surface area contributed by atoms with Crippen LogP contribution in [0, 0.1) is 6.92 Å². The minimum absolute atomic E-state index is 0.0235. The molecule has 1 saturated heterocycles. The third kappa shape index (κ3) is 4.58. The second kappa shape index (κ2) is 8.58. The van der Waals surface area contributed by atoms with Gasteiger partial charge in [-0.2, -0.15) is 0 Å². The molecular weight excluding hydrogens is 342 g/mol. The fraction of sp³-hybridized carbons (Fsp3) is 0.333. The van der Waals surface area contributed by atoms with Gasteiger partial charge in [0.25, 0.3) is 5.91 Å². The number of anilines is 1. The number of hydrogen-bond donors (Lipinski definition) is 1. The highest BCUT2D eigenvalue weighted by Crippen LogP contribution is 2.20. The maximum Gasteiger partial charge on any atom is 0.251 e. The first kappa shape index (κ1) is 18.8. The Morgan fingerprint density at radius 2 is 1.67 bits per heavy atom. The highest BCUT2D eigenvalue weighted by Gasteiger charge is 2.22. The summed E-state index contributed by atoms with van der Waals surface area (Å²) in [7, 11) is 1.65. The van der Waals surface area contributed by atoms with E-state index in [1.807, 2.05) is 49.4 Å². The quantitative estimate of drug-likeness (QED) is 0.879. The molecule has 0 radical (unpaired) electrons. The minimum atomic E-state index is -0.210. The highest BCUT2D eigenvalue weighted by atomic mass is 16.5. The molecule has 0 aromatic heterocycles. The standard InChI is InChI=1S/C21H25N3O3/c1-16-5-3-4-6-19(16)21(26)22-15-20(25)24-13-11-23(12-14-24)17-7-9-18(27-2)10-8-17/h3-10H,11-15H2,1-2H3,(H,22,26). The molecule has 6 heteroatoms. The maximum absolute atomic E-state index is 12.4. The summed E-state index contributed by atoms with van der Waals surface area (Å²) in [4.78, 5) is 28.7. The average molecular weight is 367 g/mol. The lowest BCUT2D eigenvalue weighted by Crippen LogP contribution is -2.51. The van der Waals surface area contributed by atoms with Gasteiger partial charge in [-0.3, -0.25) is 9.59 Å². The fourth-order valence-corrected chi connectivity index (χ4v) is 3.20. The molecule has 1 aliphatic heterocycles. The van der Waals surface area contributed by atoms with Crippen molar-refractivity contribution in [2.75, 3.05) is 44.7 Å². The van der Waals surface area contributed by atoms with Crippen molar-refractivity contribution >= 4 is 17.5 Å². The SMILES string of the molecule is COc1ccc(N2CCN(C(=O)CNC(=O)c3ccccc3C)CC2)cc1. The Hall–Kier alpha value is -3.02. The van der Waals surface area contributed by atoms with Crippen LogP contribution in [0.15, 0.2) is 48.5 Å². The summed E-state index contributed by atoms with van der Waals surface area (Å²) in [6.45, 7) is 4.73. The largest absolute Gasteiger partial charge is 0.497 e. The van der Waals surface area contributed by atoms with Crippen molar-refractivity contribution in [3.05, 3.63) is 59.7 Å². The number of carbonyl (C=O) groups excluding carboxylic acids is 2. The van der Waals surface area contributed by atoms with E-state index >= 15 is 0 Å². The number of nitrogens with one attached hydrogen (secondary N) is 1. The lowest BCUT2D eigenvalue weighted by Gasteiger charge is -2.36. The average Bonchev–Trinajstić information content (AvgIpc) is 2.72. The van der Waals surface area contributed by atoms with Crippen molar-refractivity contribution < 1.29 is 14.3 Å². The lowest BCUT2D eigenvalue weighted by atomic mass is 10.1. The summed E-state index contributed by atoms with van der Waals surface area (Å²) < 4.78 is 5.18. The number of carbonyl (C=O) groups is 2. The third-order valence-electron chi connectivity index (χ3n) is 4.86. The molecule has 0 saturated carbocycles. The topological polar surface area (TPSA) is 61.9 Å². The van der Waals surface area contributed by atoms with E-state index in [9.17, 15) is 9.59 Å². The molecule has 1 N–H and O–H groups in total. The van der Waals surface area contributed by atoms with Crippen molar-refractivity contribution in [2.45, 2.75) is 6.92 Å². The van der Waals surface area contributed by atoms with E-state index in [2.05, 4.69) is 10.2 Å². The van der Waals surface area contributed by atoms with Gasteiger partial charge in [0.1, 0.15) is 5.75 Å².